The van der Waals surface area contributed by atoms with E-state index in [1.54, 1.807) is 0 Å². The number of aryl methyl sites for hydroxylation is 1. The van der Waals surface area contributed by atoms with Crippen LogP contribution < -0.4 is 5.32 Å². The highest BCUT2D eigenvalue weighted by Gasteiger charge is 2.12. The van der Waals surface area contributed by atoms with E-state index in [-0.39, 0.29) is 6.61 Å². The van der Waals surface area contributed by atoms with Crippen molar-refractivity contribution >= 4 is 11.6 Å². The van der Waals surface area contributed by atoms with Gasteiger partial charge in [-0.3, -0.25) is 0 Å². The normalized spacial score (nSPS) is 11.0. The summed E-state index contributed by atoms with van der Waals surface area (Å²) in [5, 5.41) is 18.3. The fourth-order valence-electron chi connectivity index (χ4n) is 2.97. The summed E-state index contributed by atoms with van der Waals surface area (Å²) in [6.45, 7) is 5.60. The van der Waals surface area contributed by atoms with Crippen molar-refractivity contribution < 1.29 is 5.11 Å². The number of rotatable bonds is 6. The first kappa shape index (κ1) is 17.7. The van der Waals surface area contributed by atoms with Crippen molar-refractivity contribution in [3.8, 4) is 5.69 Å². The molecule has 2 N–H and O–H groups in total. The SMILES string of the molecule is Cc1nn(-c2ccc(Cl)cc2)c(C)c1CNCc1ccccc1CO. The van der Waals surface area contributed by atoms with Gasteiger partial charge in [0, 0.05) is 29.4 Å². The van der Waals surface area contributed by atoms with Crippen LogP contribution in [0.3, 0.4) is 0 Å². The van der Waals surface area contributed by atoms with Crippen LogP contribution in [0.25, 0.3) is 5.69 Å². The molecule has 0 amide bonds. The fourth-order valence-corrected chi connectivity index (χ4v) is 3.10. The van der Waals surface area contributed by atoms with Crippen LogP contribution in [0.1, 0.15) is 28.1 Å². The van der Waals surface area contributed by atoms with Gasteiger partial charge in [0.2, 0.25) is 0 Å². The summed E-state index contributed by atoms with van der Waals surface area (Å²) in [6.07, 6.45) is 0. The van der Waals surface area contributed by atoms with Gasteiger partial charge in [0.1, 0.15) is 0 Å². The summed E-state index contributed by atoms with van der Waals surface area (Å²) < 4.78 is 1.95. The average molecular weight is 356 g/mol. The van der Waals surface area contributed by atoms with Gasteiger partial charge in [0.15, 0.2) is 0 Å². The lowest BCUT2D eigenvalue weighted by Gasteiger charge is -2.09. The first-order valence-corrected chi connectivity index (χ1v) is 8.67. The van der Waals surface area contributed by atoms with Crippen molar-refractivity contribution in [3.05, 3.63) is 81.6 Å². The van der Waals surface area contributed by atoms with Crippen LogP contribution >= 0.6 is 11.6 Å². The predicted octanol–water partition coefficient (Wildman–Crippen LogP) is 3.92. The lowest BCUT2D eigenvalue weighted by Crippen LogP contribution is -2.15. The molecule has 0 bridgehead atoms. The second-order valence-corrected chi connectivity index (χ2v) is 6.50. The zero-order valence-corrected chi connectivity index (χ0v) is 15.2. The highest BCUT2D eigenvalue weighted by Crippen LogP contribution is 2.20. The van der Waals surface area contributed by atoms with E-state index in [9.17, 15) is 5.11 Å². The van der Waals surface area contributed by atoms with Gasteiger partial charge in [-0.25, -0.2) is 4.68 Å². The lowest BCUT2D eigenvalue weighted by atomic mass is 10.1. The summed E-state index contributed by atoms with van der Waals surface area (Å²) >= 11 is 5.97. The van der Waals surface area contributed by atoms with Crippen molar-refractivity contribution in [3.63, 3.8) is 0 Å². The van der Waals surface area contributed by atoms with Crippen molar-refractivity contribution in [2.24, 2.45) is 0 Å². The molecule has 2 aromatic carbocycles. The highest BCUT2D eigenvalue weighted by molar-refractivity contribution is 6.30. The molecule has 3 rings (SSSR count). The molecule has 0 aliphatic heterocycles. The van der Waals surface area contributed by atoms with Crippen LogP contribution in [0.5, 0.6) is 0 Å². The Morgan fingerprint density at radius 1 is 1.00 bits per heavy atom. The van der Waals surface area contributed by atoms with Gasteiger partial charge in [-0.1, -0.05) is 35.9 Å². The number of benzene rings is 2. The minimum Gasteiger partial charge on any atom is -0.392 e. The maximum atomic E-state index is 9.42. The maximum absolute atomic E-state index is 9.42. The third-order valence-electron chi connectivity index (χ3n) is 4.42. The minimum absolute atomic E-state index is 0.0599. The number of aromatic nitrogens is 2. The van der Waals surface area contributed by atoms with Gasteiger partial charge < -0.3 is 10.4 Å². The Hall–Kier alpha value is -2.14. The highest BCUT2D eigenvalue weighted by atomic mass is 35.5. The van der Waals surface area contributed by atoms with Crippen molar-refractivity contribution in [2.45, 2.75) is 33.5 Å². The molecule has 0 radical (unpaired) electrons. The standard InChI is InChI=1S/C20H22ClN3O/c1-14-20(12-22-11-16-5-3-4-6-17(16)13-25)15(2)24(23-14)19-9-7-18(21)8-10-19/h3-10,22,25H,11-13H2,1-2H3. The third kappa shape index (κ3) is 3.93. The predicted molar refractivity (Wildman–Crippen MR) is 101 cm³/mol. The number of hydrogen-bond donors (Lipinski definition) is 2. The van der Waals surface area contributed by atoms with Crippen LogP contribution in [0, 0.1) is 13.8 Å². The van der Waals surface area contributed by atoms with Crippen LogP contribution in [-0.2, 0) is 19.7 Å². The molecule has 0 saturated heterocycles. The van der Waals surface area contributed by atoms with Crippen molar-refractivity contribution in [1.29, 1.82) is 0 Å². The van der Waals surface area contributed by atoms with E-state index in [1.807, 2.05) is 60.1 Å². The number of hydrogen-bond acceptors (Lipinski definition) is 3. The molecule has 130 valence electrons. The topological polar surface area (TPSA) is 50.1 Å². The van der Waals surface area contributed by atoms with Crippen molar-refractivity contribution in [1.82, 2.24) is 15.1 Å². The molecule has 1 heterocycles. The minimum atomic E-state index is 0.0599. The number of nitrogens with zero attached hydrogens (tertiary/aromatic N) is 2. The molecule has 25 heavy (non-hydrogen) atoms. The first-order chi connectivity index (χ1) is 12.1. The van der Waals surface area contributed by atoms with E-state index in [2.05, 4.69) is 17.3 Å². The number of aliphatic hydroxyl groups excluding tert-OH is 1. The molecule has 0 unspecified atom stereocenters. The fraction of sp³-hybridized carbons (Fsp3) is 0.250. The monoisotopic (exact) mass is 355 g/mol. The molecular weight excluding hydrogens is 334 g/mol. The number of halogens is 1. The molecule has 1 aromatic heterocycles. The quantitative estimate of drug-likeness (QED) is 0.704. The number of aliphatic hydroxyl groups is 1. The molecule has 5 heteroatoms. The number of nitrogens with one attached hydrogen (secondary N) is 1. The average Bonchev–Trinajstić information content (AvgIpc) is 2.91. The Morgan fingerprint density at radius 3 is 2.36 bits per heavy atom. The smallest absolute Gasteiger partial charge is 0.0685 e. The molecule has 0 spiro atoms. The van der Waals surface area contributed by atoms with Crippen LogP contribution in [0.4, 0.5) is 0 Å². The first-order valence-electron chi connectivity index (χ1n) is 8.29. The Morgan fingerprint density at radius 2 is 1.68 bits per heavy atom. The van der Waals surface area contributed by atoms with Crippen LogP contribution in [0.2, 0.25) is 5.02 Å². The zero-order chi connectivity index (χ0) is 17.8. The van der Waals surface area contributed by atoms with E-state index in [0.717, 1.165) is 39.8 Å². The van der Waals surface area contributed by atoms with E-state index in [1.165, 1.54) is 5.56 Å². The van der Waals surface area contributed by atoms with Gasteiger partial charge in [-0.2, -0.15) is 5.10 Å². The van der Waals surface area contributed by atoms with Gasteiger partial charge >= 0.3 is 0 Å². The van der Waals surface area contributed by atoms with Crippen LogP contribution in [0.15, 0.2) is 48.5 Å². The Kier molecular flexibility index (Phi) is 5.53. The molecule has 0 fully saturated rings. The zero-order valence-electron chi connectivity index (χ0n) is 14.5. The molecule has 0 atom stereocenters. The summed E-state index contributed by atoms with van der Waals surface area (Å²) in [6, 6.07) is 15.6. The second kappa shape index (κ2) is 7.83. The third-order valence-corrected chi connectivity index (χ3v) is 4.67. The maximum Gasteiger partial charge on any atom is 0.0685 e. The molecule has 0 aliphatic carbocycles. The van der Waals surface area contributed by atoms with E-state index in [4.69, 9.17) is 11.6 Å². The van der Waals surface area contributed by atoms with Gasteiger partial charge in [0.05, 0.1) is 18.0 Å². The molecule has 3 aromatic rings. The van der Waals surface area contributed by atoms with E-state index in [0.29, 0.717) is 6.54 Å². The van der Waals surface area contributed by atoms with Gasteiger partial charge in [0.25, 0.3) is 0 Å². The van der Waals surface area contributed by atoms with Crippen LogP contribution in [-0.4, -0.2) is 14.9 Å². The van der Waals surface area contributed by atoms with Crippen molar-refractivity contribution in [2.75, 3.05) is 0 Å². The second-order valence-electron chi connectivity index (χ2n) is 6.07. The largest absolute Gasteiger partial charge is 0.392 e. The Labute approximate surface area is 153 Å². The molecule has 4 nitrogen and oxygen atoms in total. The van der Waals surface area contributed by atoms with Gasteiger partial charge in [-0.15, -0.1) is 0 Å². The molecule has 0 aliphatic rings. The molecule has 0 saturated carbocycles. The van der Waals surface area contributed by atoms with E-state index < -0.39 is 0 Å². The Bertz CT molecular complexity index is 856. The summed E-state index contributed by atoms with van der Waals surface area (Å²) in [7, 11) is 0. The molecular formula is C20H22ClN3O. The summed E-state index contributed by atoms with van der Waals surface area (Å²) in [5.41, 5.74) is 6.39. The Balaban J connectivity index is 1.74. The lowest BCUT2D eigenvalue weighted by molar-refractivity contribution is 0.280. The van der Waals surface area contributed by atoms with Gasteiger partial charge in [-0.05, 0) is 49.2 Å². The summed E-state index contributed by atoms with van der Waals surface area (Å²) in [5.74, 6) is 0. The summed E-state index contributed by atoms with van der Waals surface area (Å²) in [4.78, 5) is 0. The van der Waals surface area contributed by atoms with E-state index >= 15 is 0 Å².